The minimum Gasteiger partial charge on any atom is -0.397 e. The lowest BCUT2D eigenvalue weighted by Crippen LogP contribution is -2.26. The molecule has 0 saturated carbocycles. The second-order valence-electron chi connectivity index (χ2n) is 5.12. The topological polar surface area (TPSA) is 54.2 Å². The van der Waals surface area contributed by atoms with Crippen LogP contribution in [0.2, 0.25) is 0 Å². The van der Waals surface area contributed by atoms with Crippen LogP contribution in [0.4, 0.5) is 11.4 Å². The number of hydrogen-bond donors (Lipinski definition) is 2. The van der Waals surface area contributed by atoms with Crippen molar-refractivity contribution in [3.8, 4) is 0 Å². The van der Waals surface area contributed by atoms with Gasteiger partial charge in [0.2, 0.25) is 0 Å². The van der Waals surface area contributed by atoms with Gasteiger partial charge in [0.05, 0.1) is 26.6 Å². The van der Waals surface area contributed by atoms with E-state index in [1.807, 2.05) is 13.0 Å². The van der Waals surface area contributed by atoms with Crippen molar-refractivity contribution in [2.75, 3.05) is 37.2 Å². The van der Waals surface area contributed by atoms with Gasteiger partial charge in [0.15, 0.2) is 0 Å². The number of fused-ring (bicyclic) bond motifs is 1. The molecule has 2 aromatic rings. The Morgan fingerprint density at radius 1 is 1.37 bits per heavy atom. The average molecular weight is 276 g/mol. The van der Waals surface area contributed by atoms with E-state index in [0.29, 0.717) is 0 Å². The van der Waals surface area contributed by atoms with Crippen LogP contribution in [-0.4, -0.2) is 36.1 Å². The molecule has 1 aromatic carbocycles. The predicted molar refractivity (Wildman–Crippen MR) is 82.9 cm³/mol. The van der Waals surface area contributed by atoms with E-state index < -0.39 is 0 Å². The molecular formula is C14H20N4S. The lowest BCUT2D eigenvalue weighted by Gasteiger charge is -2.16. The van der Waals surface area contributed by atoms with Crippen LogP contribution in [0, 0.1) is 6.92 Å². The van der Waals surface area contributed by atoms with Gasteiger partial charge < -0.3 is 16.0 Å². The third kappa shape index (κ3) is 2.82. The highest BCUT2D eigenvalue weighted by Crippen LogP contribution is 2.29. The molecule has 1 saturated heterocycles. The molecule has 3 N–H and O–H groups in total. The second kappa shape index (κ2) is 5.35. The van der Waals surface area contributed by atoms with Crippen LogP contribution in [0.15, 0.2) is 12.1 Å². The number of anilines is 2. The fourth-order valence-corrected chi connectivity index (χ4v) is 3.47. The number of aryl methyl sites for hydroxylation is 1. The Hall–Kier alpha value is -1.33. The molecule has 0 bridgehead atoms. The molecule has 0 amide bonds. The first-order valence-corrected chi connectivity index (χ1v) is 7.67. The number of nitrogens with one attached hydrogen (secondary N) is 1. The van der Waals surface area contributed by atoms with E-state index in [9.17, 15) is 0 Å². The number of hydrogen-bond acceptors (Lipinski definition) is 5. The van der Waals surface area contributed by atoms with Crippen molar-refractivity contribution in [3.05, 3.63) is 17.1 Å². The Balaban J connectivity index is 1.67. The number of nitrogens with two attached hydrogens (primary N) is 1. The monoisotopic (exact) mass is 276 g/mol. The molecule has 0 radical (unpaired) electrons. The molecule has 1 fully saturated rings. The van der Waals surface area contributed by atoms with Crippen LogP contribution in [0.5, 0.6) is 0 Å². The number of rotatable bonds is 4. The highest BCUT2D eigenvalue weighted by Gasteiger charge is 2.11. The number of aromatic nitrogens is 1. The molecule has 5 heteroatoms. The zero-order valence-corrected chi connectivity index (χ0v) is 12.1. The SMILES string of the molecule is Cc1nc2cc(NCCN3CCCC3)c(N)cc2s1. The summed E-state index contributed by atoms with van der Waals surface area (Å²) in [7, 11) is 0. The summed E-state index contributed by atoms with van der Waals surface area (Å²) in [5, 5.41) is 4.53. The van der Waals surface area contributed by atoms with Gasteiger partial charge in [-0.1, -0.05) is 0 Å². The van der Waals surface area contributed by atoms with Crippen LogP contribution in [-0.2, 0) is 0 Å². The van der Waals surface area contributed by atoms with Gasteiger partial charge in [-0.25, -0.2) is 4.98 Å². The van der Waals surface area contributed by atoms with Crippen molar-refractivity contribution in [3.63, 3.8) is 0 Å². The summed E-state index contributed by atoms with van der Waals surface area (Å²) in [6.45, 7) is 6.54. The van der Waals surface area contributed by atoms with Crippen molar-refractivity contribution in [1.82, 2.24) is 9.88 Å². The maximum atomic E-state index is 6.09. The zero-order chi connectivity index (χ0) is 13.2. The van der Waals surface area contributed by atoms with Crippen LogP contribution in [0.1, 0.15) is 17.8 Å². The largest absolute Gasteiger partial charge is 0.397 e. The van der Waals surface area contributed by atoms with Crippen LogP contribution >= 0.6 is 11.3 Å². The Morgan fingerprint density at radius 3 is 2.95 bits per heavy atom. The van der Waals surface area contributed by atoms with E-state index >= 15 is 0 Å². The number of nitrogen functional groups attached to an aromatic ring is 1. The van der Waals surface area contributed by atoms with Crippen molar-refractivity contribution in [1.29, 1.82) is 0 Å². The molecule has 0 aliphatic carbocycles. The smallest absolute Gasteiger partial charge is 0.0907 e. The van der Waals surface area contributed by atoms with Crippen molar-refractivity contribution in [2.24, 2.45) is 0 Å². The highest BCUT2D eigenvalue weighted by atomic mass is 32.1. The Labute approximate surface area is 117 Å². The summed E-state index contributed by atoms with van der Waals surface area (Å²) in [4.78, 5) is 7.01. The summed E-state index contributed by atoms with van der Waals surface area (Å²) in [6, 6.07) is 4.09. The molecule has 19 heavy (non-hydrogen) atoms. The second-order valence-corrected chi connectivity index (χ2v) is 6.35. The first-order chi connectivity index (χ1) is 9.22. The number of thiazole rings is 1. The van der Waals surface area contributed by atoms with E-state index in [0.717, 1.165) is 35.0 Å². The maximum absolute atomic E-state index is 6.09. The highest BCUT2D eigenvalue weighted by molar-refractivity contribution is 7.18. The Bertz CT molecular complexity index is 572. The molecule has 1 aliphatic heterocycles. The van der Waals surface area contributed by atoms with Gasteiger partial charge in [-0.2, -0.15) is 0 Å². The number of likely N-dealkylation sites (tertiary alicyclic amines) is 1. The normalized spacial score (nSPS) is 16.3. The maximum Gasteiger partial charge on any atom is 0.0907 e. The third-order valence-electron chi connectivity index (χ3n) is 3.61. The molecule has 0 spiro atoms. The van der Waals surface area contributed by atoms with E-state index in [-0.39, 0.29) is 0 Å². The molecule has 1 aromatic heterocycles. The molecule has 1 aliphatic rings. The van der Waals surface area contributed by atoms with Crippen LogP contribution < -0.4 is 11.1 Å². The number of benzene rings is 1. The fourth-order valence-electron chi connectivity index (χ4n) is 2.61. The van der Waals surface area contributed by atoms with Crippen molar-refractivity contribution >= 4 is 32.9 Å². The first kappa shape index (κ1) is 12.7. The van der Waals surface area contributed by atoms with Gasteiger partial charge in [0.1, 0.15) is 0 Å². The standard InChI is InChI=1S/C14H20N4S/c1-10-17-13-9-12(11(15)8-14(13)19-10)16-4-7-18-5-2-3-6-18/h8-9,16H,2-7,15H2,1H3. The lowest BCUT2D eigenvalue weighted by atomic mass is 10.2. The molecule has 2 heterocycles. The van der Waals surface area contributed by atoms with Gasteiger partial charge in [-0.15, -0.1) is 11.3 Å². The van der Waals surface area contributed by atoms with Gasteiger partial charge in [-0.05, 0) is 45.0 Å². The average Bonchev–Trinajstić information content (AvgIpc) is 2.98. The summed E-state index contributed by atoms with van der Waals surface area (Å²) in [6.07, 6.45) is 2.68. The molecule has 4 nitrogen and oxygen atoms in total. The molecular weight excluding hydrogens is 256 g/mol. The molecule has 102 valence electrons. The van der Waals surface area contributed by atoms with E-state index in [1.54, 1.807) is 11.3 Å². The summed E-state index contributed by atoms with van der Waals surface area (Å²) in [5.74, 6) is 0. The zero-order valence-electron chi connectivity index (χ0n) is 11.3. The fraction of sp³-hybridized carbons (Fsp3) is 0.500. The quantitative estimate of drug-likeness (QED) is 0.843. The van der Waals surface area contributed by atoms with E-state index in [1.165, 1.54) is 30.6 Å². The summed E-state index contributed by atoms with van der Waals surface area (Å²) in [5.41, 5.74) is 8.96. The molecule has 0 atom stereocenters. The Kier molecular flexibility index (Phi) is 3.57. The van der Waals surface area contributed by atoms with Crippen LogP contribution in [0.25, 0.3) is 10.2 Å². The van der Waals surface area contributed by atoms with E-state index in [2.05, 4.69) is 21.3 Å². The predicted octanol–water partition coefficient (Wildman–Crippen LogP) is 2.69. The lowest BCUT2D eigenvalue weighted by molar-refractivity contribution is 0.353. The molecule has 3 rings (SSSR count). The summed E-state index contributed by atoms with van der Waals surface area (Å²) >= 11 is 1.69. The minimum absolute atomic E-state index is 0.817. The first-order valence-electron chi connectivity index (χ1n) is 6.85. The van der Waals surface area contributed by atoms with Crippen molar-refractivity contribution in [2.45, 2.75) is 19.8 Å². The molecule has 0 unspecified atom stereocenters. The minimum atomic E-state index is 0.817. The van der Waals surface area contributed by atoms with Gasteiger partial charge in [0, 0.05) is 13.1 Å². The van der Waals surface area contributed by atoms with Gasteiger partial charge in [-0.3, -0.25) is 0 Å². The van der Waals surface area contributed by atoms with Gasteiger partial charge >= 0.3 is 0 Å². The van der Waals surface area contributed by atoms with Crippen molar-refractivity contribution < 1.29 is 0 Å². The number of nitrogens with zero attached hydrogens (tertiary/aromatic N) is 2. The van der Waals surface area contributed by atoms with Gasteiger partial charge in [0.25, 0.3) is 0 Å². The summed E-state index contributed by atoms with van der Waals surface area (Å²) < 4.78 is 1.17. The third-order valence-corrected chi connectivity index (χ3v) is 4.54. The van der Waals surface area contributed by atoms with E-state index in [4.69, 9.17) is 5.73 Å². The van der Waals surface area contributed by atoms with Crippen LogP contribution in [0.3, 0.4) is 0 Å². The Morgan fingerprint density at radius 2 is 2.16 bits per heavy atom.